The summed E-state index contributed by atoms with van der Waals surface area (Å²) in [6.07, 6.45) is 1.55. The predicted octanol–water partition coefficient (Wildman–Crippen LogP) is 3.90. The number of ether oxygens (including phenoxy) is 2. The summed E-state index contributed by atoms with van der Waals surface area (Å²) in [4.78, 5) is 23.7. The molecular weight excluding hydrogens is 332 g/mol. The summed E-state index contributed by atoms with van der Waals surface area (Å²) in [6.45, 7) is 1.97. The van der Waals surface area contributed by atoms with E-state index in [4.69, 9.17) is 13.9 Å². The molecule has 0 radical (unpaired) electrons. The third kappa shape index (κ3) is 4.11. The molecule has 3 rings (SSSR count). The number of rotatable bonds is 6. The lowest BCUT2D eigenvalue weighted by Crippen LogP contribution is -2.09. The van der Waals surface area contributed by atoms with Crippen LogP contribution in [0.25, 0.3) is 11.0 Å². The van der Waals surface area contributed by atoms with Crippen molar-refractivity contribution >= 4 is 16.9 Å². The molecule has 3 aromatic rings. The number of esters is 1. The molecule has 0 saturated heterocycles. The first-order valence-electron chi connectivity index (χ1n) is 8.49. The molecule has 0 fully saturated rings. The molecule has 0 aliphatic rings. The van der Waals surface area contributed by atoms with Gasteiger partial charge in [-0.3, -0.25) is 4.79 Å². The van der Waals surface area contributed by atoms with Crippen molar-refractivity contribution in [2.45, 2.75) is 26.2 Å². The van der Waals surface area contributed by atoms with Crippen LogP contribution in [0.3, 0.4) is 0 Å². The SMILES string of the molecule is CCc1cc(=O)oc2cc(OC(=O)CCc3ccc(OC)cc3)ccc12. The van der Waals surface area contributed by atoms with Gasteiger partial charge in [-0.15, -0.1) is 0 Å². The lowest BCUT2D eigenvalue weighted by atomic mass is 10.1. The molecule has 134 valence electrons. The number of hydrogen-bond acceptors (Lipinski definition) is 5. The highest BCUT2D eigenvalue weighted by Crippen LogP contribution is 2.23. The number of hydrogen-bond donors (Lipinski definition) is 0. The van der Waals surface area contributed by atoms with E-state index in [2.05, 4.69) is 0 Å². The molecule has 1 heterocycles. The Balaban J connectivity index is 1.67. The van der Waals surface area contributed by atoms with Crippen LogP contribution in [-0.2, 0) is 17.6 Å². The zero-order valence-electron chi connectivity index (χ0n) is 14.8. The fourth-order valence-electron chi connectivity index (χ4n) is 2.79. The number of benzene rings is 2. The Kier molecular flexibility index (Phi) is 5.37. The van der Waals surface area contributed by atoms with Gasteiger partial charge < -0.3 is 13.9 Å². The van der Waals surface area contributed by atoms with Crippen LogP contribution in [0.4, 0.5) is 0 Å². The van der Waals surface area contributed by atoms with E-state index >= 15 is 0 Å². The Bertz CT molecular complexity index is 970. The van der Waals surface area contributed by atoms with Crippen LogP contribution >= 0.6 is 0 Å². The van der Waals surface area contributed by atoms with Gasteiger partial charge in [0.2, 0.25) is 0 Å². The smallest absolute Gasteiger partial charge is 0.336 e. The topological polar surface area (TPSA) is 65.7 Å². The second kappa shape index (κ2) is 7.87. The van der Waals surface area contributed by atoms with Crippen molar-refractivity contribution in [3.8, 4) is 11.5 Å². The summed E-state index contributed by atoms with van der Waals surface area (Å²) >= 11 is 0. The average Bonchev–Trinajstić information content (AvgIpc) is 2.65. The van der Waals surface area contributed by atoms with Crippen molar-refractivity contribution in [3.63, 3.8) is 0 Å². The standard InChI is InChI=1S/C21H20O5/c1-3-15-12-21(23)26-19-13-17(9-10-18(15)19)25-20(22)11-6-14-4-7-16(24-2)8-5-14/h4-5,7-10,12-13H,3,6,11H2,1-2H3. The second-order valence-electron chi connectivity index (χ2n) is 5.92. The molecule has 5 heteroatoms. The zero-order chi connectivity index (χ0) is 18.5. The number of aryl methyl sites for hydroxylation is 2. The Labute approximate surface area is 151 Å². The van der Waals surface area contributed by atoms with Crippen molar-refractivity contribution in [3.05, 3.63) is 70.1 Å². The van der Waals surface area contributed by atoms with Crippen LogP contribution < -0.4 is 15.1 Å². The monoisotopic (exact) mass is 352 g/mol. The van der Waals surface area contributed by atoms with Crippen LogP contribution in [0.15, 0.2) is 57.7 Å². The number of carbonyl (C=O) groups excluding carboxylic acids is 1. The summed E-state index contributed by atoms with van der Waals surface area (Å²) in [5, 5.41) is 0.852. The Morgan fingerprint density at radius 1 is 1.04 bits per heavy atom. The lowest BCUT2D eigenvalue weighted by Gasteiger charge is -2.07. The van der Waals surface area contributed by atoms with Gasteiger partial charge in [-0.05, 0) is 48.2 Å². The molecule has 0 saturated carbocycles. The van der Waals surface area contributed by atoms with Gasteiger partial charge in [0.1, 0.15) is 17.1 Å². The van der Waals surface area contributed by atoms with E-state index in [-0.39, 0.29) is 12.4 Å². The van der Waals surface area contributed by atoms with E-state index in [1.807, 2.05) is 37.3 Å². The molecule has 5 nitrogen and oxygen atoms in total. The van der Waals surface area contributed by atoms with Crippen molar-refractivity contribution in [1.29, 1.82) is 0 Å². The second-order valence-corrected chi connectivity index (χ2v) is 5.92. The highest BCUT2D eigenvalue weighted by molar-refractivity contribution is 5.82. The maximum Gasteiger partial charge on any atom is 0.336 e. The normalized spacial score (nSPS) is 10.7. The van der Waals surface area contributed by atoms with Gasteiger partial charge in [0.05, 0.1) is 7.11 Å². The molecule has 26 heavy (non-hydrogen) atoms. The summed E-state index contributed by atoms with van der Waals surface area (Å²) in [6, 6.07) is 14.2. The lowest BCUT2D eigenvalue weighted by molar-refractivity contribution is -0.134. The molecule has 0 spiro atoms. The minimum absolute atomic E-state index is 0.253. The van der Waals surface area contributed by atoms with Crippen molar-refractivity contribution in [2.75, 3.05) is 7.11 Å². The van der Waals surface area contributed by atoms with Crippen LogP contribution in [0.5, 0.6) is 11.5 Å². The maximum atomic E-state index is 12.1. The first-order valence-corrected chi connectivity index (χ1v) is 8.49. The van der Waals surface area contributed by atoms with E-state index < -0.39 is 5.63 Å². The molecule has 0 bridgehead atoms. The molecule has 0 unspecified atom stereocenters. The third-order valence-electron chi connectivity index (χ3n) is 4.19. The third-order valence-corrected chi connectivity index (χ3v) is 4.19. The van der Waals surface area contributed by atoms with Gasteiger partial charge >= 0.3 is 11.6 Å². The molecule has 2 aromatic carbocycles. The average molecular weight is 352 g/mol. The Morgan fingerprint density at radius 3 is 2.46 bits per heavy atom. The molecule has 0 N–H and O–H groups in total. The van der Waals surface area contributed by atoms with E-state index in [1.54, 1.807) is 19.2 Å². The number of fused-ring (bicyclic) bond motifs is 1. The van der Waals surface area contributed by atoms with E-state index in [9.17, 15) is 9.59 Å². The molecule has 0 aliphatic heterocycles. The molecule has 1 aromatic heterocycles. The van der Waals surface area contributed by atoms with E-state index in [0.717, 1.165) is 28.7 Å². The number of carbonyl (C=O) groups is 1. The highest BCUT2D eigenvalue weighted by atomic mass is 16.5. The number of methoxy groups -OCH3 is 1. The van der Waals surface area contributed by atoms with Crippen molar-refractivity contribution in [2.24, 2.45) is 0 Å². The maximum absolute atomic E-state index is 12.1. The summed E-state index contributed by atoms with van der Waals surface area (Å²) in [5.74, 6) is 0.809. The highest BCUT2D eigenvalue weighted by Gasteiger charge is 2.09. The van der Waals surface area contributed by atoms with Gasteiger partial charge in [0, 0.05) is 23.9 Å². The first kappa shape index (κ1) is 17.7. The van der Waals surface area contributed by atoms with Crippen LogP contribution in [-0.4, -0.2) is 13.1 Å². The van der Waals surface area contributed by atoms with Gasteiger partial charge in [0.25, 0.3) is 0 Å². The van der Waals surface area contributed by atoms with Crippen LogP contribution in [0, 0.1) is 0 Å². The molecular formula is C21H20O5. The van der Waals surface area contributed by atoms with Crippen LogP contribution in [0.2, 0.25) is 0 Å². The Morgan fingerprint density at radius 2 is 1.77 bits per heavy atom. The van der Waals surface area contributed by atoms with Crippen LogP contribution in [0.1, 0.15) is 24.5 Å². The van der Waals surface area contributed by atoms with Gasteiger partial charge in [-0.2, -0.15) is 0 Å². The van der Waals surface area contributed by atoms with E-state index in [0.29, 0.717) is 17.8 Å². The molecule has 0 amide bonds. The zero-order valence-corrected chi connectivity index (χ0v) is 14.8. The fourth-order valence-corrected chi connectivity index (χ4v) is 2.79. The summed E-state index contributed by atoms with van der Waals surface area (Å²) < 4.78 is 15.7. The predicted molar refractivity (Wildman–Crippen MR) is 98.8 cm³/mol. The Hall–Kier alpha value is -3.08. The molecule has 0 aliphatic carbocycles. The minimum Gasteiger partial charge on any atom is -0.497 e. The summed E-state index contributed by atoms with van der Waals surface area (Å²) in [5.41, 5.74) is 1.96. The van der Waals surface area contributed by atoms with Gasteiger partial charge in [0.15, 0.2) is 0 Å². The van der Waals surface area contributed by atoms with Crippen molar-refractivity contribution < 1.29 is 18.7 Å². The minimum atomic E-state index is -0.405. The summed E-state index contributed by atoms with van der Waals surface area (Å²) in [7, 11) is 1.61. The fraction of sp³-hybridized carbons (Fsp3) is 0.238. The van der Waals surface area contributed by atoms with Gasteiger partial charge in [-0.25, -0.2) is 4.79 Å². The molecule has 0 atom stereocenters. The quantitative estimate of drug-likeness (QED) is 0.382. The largest absolute Gasteiger partial charge is 0.497 e. The van der Waals surface area contributed by atoms with Gasteiger partial charge in [-0.1, -0.05) is 19.1 Å². The van der Waals surface area contributed by atoms with Crippen molar-refractivity contribution in [1.82, 2.24) is 0 Å². The van der Waals surface area contributed by atoms with E-state index in [1.165, 1.54) is 6.07 Å². The first-order chi connectivity index (χ1) is 12.6.